The first-order valence-corrected chi connectivity index (χ1v) is 6.72. The molecule has 0 heterocycles. The molecule has 2 aliphatic carbocycles. The highest BCUT2D eigenvalue weighted by molar-refractivity contribution is 5.94. The summed E-state index contributed by atoms with van der Waals surface area (Å²) in [5.74, 6) is -0.474. The molecule has 0 bridgehead atoms. The minimum Gasteiger partial charge on any atom is -0.288 e. The van der Waals surface area contributed by atoms with Gasteiger partial charge >= 0.3 is 0 Å². The van der Waals surface area contributed by atoms with Gasteiger partial charge in [0.25, 0.3) is 5.91 Å². The van der Waals surface area contributed by atoms with Crippen molar-refractivity contribution in [1.82, 2.24) is 5.48 Å². The van der Waals surface area contributed by atoms with Crippen LogP contribution in [0, 0.1) is 0 Å². The molecule has 0 saturated carbocycles. The SMILES string of the molecule is CCCCCc1ccc2cccc(C(=O)NO)cc1-2. The van der Waals surface area contributed by atoms with Crippen molar-refractivity contribution in [2.75, 3.05) is 0 Å². The number of hydrogen-bond acceptors (Lipinski definition) is 2. The average molecular weight is 257 g/mol. The van der Waals surface area contributed by atoms with Crippen molar-refractivity contribution in [3.05, 3.63) is 47.5 Å². The zero-order chi connectivity index (χ0) is 13.7. The lowest BCUT2D eigenvalue weighted by molar-refractivity contribution is 0.0706. The fraction of sp³-hybridized carbons (Fsp3) is 0.312. The smallest absolute Gasteiger partial charge is 0.274 e. The molecular weight excluding hydrogens is 238 g/mol. The molecule has 0 aromatic heterocycles. The van der Waals surface area contributed by atoms with Gasteiger partial charge in [0.2, 0.25) is 0 Å². The highest BCUT2D eigenvalue weighted by Gasteiger charge is 2.11. The van der Waals surface area contributed by atoms with Crippen LogP contribution in [0.3, 0.4) is 0 Å². The van der Waals surface area contributed by atoms with Crippen molar-refractivity contribution in [3.63, 3.8) is 0 Å². The van der Waals surface area contributed by atoms with E-state index in [0.717, 1.165) is 24.0 Å². The Balaban J connectivity index is 2.32. The highest BCUT2D eigenvalue weighted by atomic mass is 16.5. The molecule has 0 aromatic carbocycles. The number of carbonyl (C=O) groups is 1. The first kappa shape index (κ1) is 13.6. The molecule has 1 amide bonds. The predicted molar refractivity (Wildman–Crippen MR) is 75.5 cm³/mol. The maximum atomic E-state index is 11.5. The van der Waals surface area contributed by atoms with Crippen molar-refractivity contribution in [2.45, 2.75) is 32.6 Å². The van der Waals surface area contributed by atoms with Crippen LogP contribution in [0.4, 0.5) is 0 Å². The Hall–Kier alpha value is -1.87. The molecule has 19 heavy (non-hydrogen) atoms. The van der Waals surface area contributed by atoms with Gasteiger partial charge in [-0.2, -0.15) is 0 Å². The molecule has 0 spiro atoms. The van der Waals surface area contributed by atoms with Crippen LogP contribution in [0.2, 0.25) is 0 Å². The lowest BCUT2D eigenvalue weighted by Gasteiger charge is -2.02. The molecule has 0 fully saturated rings. The summed E-state index contributed by atoms with van der Waals surface area (Å²) in [7, 11) is 0. The number of fused-ring (bicyclic) bond motifs is 1. The molecule has 0 saturated heterocycles. The second kappa shape index (κ2) is 6.34. The third-order valence-corrected chi connectivity index (χ3v) is 3.39. The fourth-order valence-corrected chi connectivity index (χ4v) is 2.32. The molecule has 0 aromatic rings. The predicted octanol–water partition coefficient (Wildman–Crippen LogP) is 3.64. The molecule has 3 heteroatoms. The van der Waals surface area contributed by atoms with Crippen molar-refractivity contribution in [1.29, 1.82) is 0 Å². The Morgan fingerprint density at radius 1 is 1.21 bits per heavy atom. The zero-order valence-electron chi connectivity index (χ0n) is 11.1. The van der Waals surface area contributed by atoms with Gasteiger partial charge in [-0.15, -0.1) is 0 Å². The Morgan fingerprint density at radius 3 is 2.79 bits per heavy atom. The monoisotopic (exact) mass is 257 g/mol. The van der Waals surface area contributed by atoms with Crippen LogP contribution < -0.4 is 5.48 Å². The summed E-state index contributed by atoms with van der Waals surface area (Å²) in [6.45, 7) is 2.19. The topological polar surface area (TPSA) is 49.3 Å². The van der Waals surface area contributed by atoms with E-state index in [-0.39, 0.29) is 0 Å². The van der Waals surface area contributed by atoms with Gasteiger partial charge in [0.05, 0.1) is 0 Å². The molecular formula is C16H19NO2. The van der Waals surface area contributed by atoms with Gasteiger partial charge in [0.1, 0.15) is 0 Å². The van der Waals surface area contributed by atoms with Gasteiger partial charge in [-0.3, -0.25) is 10.0 Å². The van der Waals surface area contributed by atoms with Crippen LogP contribution in [-0.4, -0.2) is 11.1 Å². The Bertz CT molecular complexity index is 536. The summed E-state index contributed by atoms with van der Waals surface area (Å²) in [6, 6.07) is 11.6. The molecule has 2 rings (SSSR count). The van der Waals surface area contributed by atoms with Gasteiger partial charge < -0.3 is 0 Å². The molecule has 3 nitrogen and oxygen atoms in total. The van der Waals surface area contributed by atoms with E-state index < -0.39 is 5.91 Å². The molecule has 2 aliphatic rings. The van der Waals surface area contributed by atoms with Crippen LogP contribution >= 0.6 is 0 Å². The maximum absolute atomic E-state index is 11.5. The third-order valence-electron chi connectivity index (χ3n) is 3.39. The number of rotatable bonds is 5. The van der Waals surface area contributed by atoms with Crippen LogP contribution in [0.15, 0.2) is 36.4 Å². The van der Waals surface area contributed by atoms with E-state index in [0.29, 0.717) is 5.56 Å². The van der Waals surface area contributed by atoms with Crippen molar-refractivity contribution in [3.8, 4) is 11.1 Å². The van der Waals surface area contributed by atoms with Gasteiger partial charge in [-0.1, -0.05) is 44.0 Å². The van der Waals surface area contributed by atoms with Gasteiger partial charge in [0.15, 0.2) is 0 Å². The minimum atomic E-state index is -0.474. The average Bonchev–Trinajstić information content (AvgIpc) is 2.68. The van der Waals surface area contributed by atoms with E-state index in [1.165, 1.54) is 18.4 Å². The number of hydrogen-bond donors (Lipinski definition) is 2. The first-order valence-electron chi connectivity index (χ1n) is 6.72. The molecule has 0 radical (unpaired) electrons. The first-order chi connectivity index (χ1) is 9.26. The number of amides is 1. The zero-order valence-corrected chi connectivity index (χ0v) is 11.1. The summed E-state index contributed by atoms with van der Waals surface area (Å²) in [6.07, 6.45) is 4.61. The third kappa shape index (κ3) is 3.12. The summed E-state index contributed by atoms with van der Waals surface area (Å²) < 4.78 is 0. The van der Waals surface area contributed by atoms with E-state index in [1.807, 2.05) is 18.2 Å². The number of aryl methyl sites for hydroxylation is 1. The molecule has 0 aliphatic heterocycles. The van der Waals surface area contributed by atoms with E-state index in [1.54, 1.807) is 11.5 Å². The Labute approximate surface area is 113 Å². The fourth-order valence-electron chi connectivity index (χ4n) is 2.32. The number of unbranched alkanes of at least 4 members (excludes halogenated alkanes) is 2. The van der Waals surface area contributed by atoms with Gasteiger partial charge in [-0.05, 0) is 41.7 Å². The Morgan fingerprint density at radius 2 is 2.05 bits per heavy atom. The summed E-state index contributed by atoms with van der Waals surface area (Å²) >= 11 is 0. The summed E-state index contributed by atoms with van der Waals surface area (Å²) in [5.41, 5.74) is 5.65. The standard InChI is InChI=1S/C16H19NO2/c1-2-3-4-6-12-9-10-13-7-5-8-14(11-15(12)13)16(18)17-19/h5,7-11,19H,2-4,6H2,1H3,(H,17,18). The quantitative estimate of drug-likeness (QED) is 0.488. The van der Waals surface area contributed by atoms with E-state index in [9.17, 15) is 4.79 Å². The van der Waals surface area contributed by atoms with Crippen LogP contribution in [0.5, 0.6) is 0 Å². The number of carbonyl (C=O) groups excluding carboxylic acids is 1. The minimum absolute atomic E-state index is 0.473. The molecule has 2 N–H and O–H groups in total. The lowest BCUT2D eigenvalue weighted by atomic mass is 10.0. The van der Waals surface area contributed by atoms with E-state index >= 15 is 0 Å². The lowest BCUT2D eigenvalue weighted by Crippen LogP contribution is -2.18. The summed E-state index contributed by atoms with van der Waals surface area (Å²) in [5, 5.41) is 8.74. The Kier molecular flexibility index (Phi) is 4.53. The molecule has 0 unspecified atom stereocenters. The molecule has 0 atom stereocenters. The van der Waals surface area contributed by atoms with Crippen molar-refractivity contribution in [2.24, 2.45) is 0 Å². The van der Waals surface area contributed by atoms with E-state index in [4.69, 9.17) is 5.21 Å². The van der Waals surface area contributed by atoms with Gasteiger partial charge in [0, 0.05) is 5.56 Å². The maximum Gasteiger partial charge on any atom is 0.274 e. The second-order valence-electron chi connectivity index (χ2n) is 4.75. The van der Waals surface area contributed by atoms with Crippen molar-refractivity contribution >= 4 is 5.91 Å². The van der Waals surface area contributed by atoms with Gasteiger partial charge in [-0.25, -0.2) is 5.48 Å². The second-order valence-corrected chi connectivity index (χ2v) is 4.75. The summed E-state index contributed by atoms with van der Waals surface area (Å²) in [4.78, 5) is 11.5. The number of hydroxylamine groups is 1. The van der Waals surface area contributed by atoms with Crippen LogP contribution in [0.25, 0.3) is 11.1 Å². The van der Waals surface area contributed by atoms with Crippen LogP contribution in [-0.2, 0) is 6.42 Å². The number of nitrogens with one attached hydrogen (secondary N) is 1. The highest BCUT2D eigenvalue weighted by Crippen LogP contribution is 2.29. The largest absolute Gasteiger partial charge is 0.288 e. The molecule has 100 valence electrons. The van der Waals surface area contributed by atoms with Crippen LogP contribution in [0.1, 0.15) is 42.1 Å². The normalized spacial score (nSPS) is 10.6. The van der Waals surface area contributed by atoms with Crippen molar-refractivity contribution < 1.29 is 10.0 Å². The van der Waals surface area contributed by atoms with E-state index in [2.05, 4.69) is 19.1 Å².